The molecule has 168 valence electrons. The molecule has 3 aromatic carbocycles. The molecule has 0 spiro atoms. The Morgan fingerprint density at radius 3 is 2.47 bits per heavy atom. The van der Waals surface area contributed by atoms with E-state index in [4.69, 9.17) is 0 Å². The molecule has 7 heteroatoms. The summed E-state index contributed by atoms with van der Waals surface area (Å²) in [5.74, 6) is -1.22. The third kappa shape index (κ3) is 4.42. The van der Waals surface area contributed by atoms with E-state index in [0.29, 0.717) is 37.2 Å². The number of benzene rings is 3. The standard InChI is InChI=1S/C25H23F4NO2/c1-15-18(12-23(31)32)11-17-5-6-20(26)14-22(17)24(15)16-7-9-30(10-8-16)21-4-2-3-19(13-21)25(27,28)29/h2-6,11,13-14,16H,7-10,12H2,1H3,(H,31,32). The molecule has 0 aromatic heterocycles. The number of carboxylic acids is 1. The number of hydrogen-bond donors (Lipinski definition) is 1. The van der Waals surface area contributed by atoms with Gasteiger partial charge in [0.05, 0.1) is 12.0 Å². The van der Waals surface area contributed by atoms with Crippen LogP contribution in [0.5, 0.6) is 0 Å². The van der Waals surface area contributed by atoms with Crippen LogP contribution in [-0.2, 0) is 17.4 Å². The van der Waals surface area contributed by atoms with Gasteiger partial charge in [0.1, 0.15) is 5.82 Å². The lowest BCUT2D eigenvalue weighted by atomic mass is 9.81. The quantitative estimate of drug-likeness (QED) is 0.478. The van der Waals surface area contributed by atoms with Gasteiger partial charge in [0.2, 0.25) is 0 Å². The Morgan fingerprint density at radius 1 is 1.09 bits per heavy atom. The molecular formula is C25H23F4NO2. The molecule has 0 radical (unpaired) electrons. The lowest BCUT2D eigenvalue weighted by molar-refractivity contribution is -0.138. The normalized spacial score (nSPS) is 15.3. The molecule has 1 fully saturated rings. The first-order chi connectivity index (χ1) is 15.1. The van der Waals surface area contributed by atoms with Crippen LogP contribution >= 0.6 is 0 Å². The van der Waals surface area contributed by atoms with E-state index >= 15 is 0 Å². The second-order valence-corrected chi connectivity index (χ2v) is 8.32. The molecule has 1 aliphatic heterocycles. The van der Waals surface area contributed by atoms with Crippen molar-refractivity contribution in [1.29, 1.82) is 0 Å². The van der Waals surface area contributed by atoms with Crippen LogP contribution in [0.2, 0.25) is 0 Å². The van der Waals surface area contributed by atoms with Crippen molar-refractivity contribution in [3.8, 4) is 0 Å². The van der Waals surface area contributed by atoms with Crippen molar-refractivity contribution in [3.05, 3.63) is 76.6 Å². The first kappa shape index (κ1) is 22.1. The predicted octanol–water partition coefficient (Wildman–Crippen LogP) is 6.32. The molecule has 1 aliphatic rings. The fourth-order valence-electron chi connectivity index (χ4n) is 4.74. The van der Waals surface area contributed by atoms with E-state index in [0.717, 1.165) is 28.0 Å². The lowest BCUT2D eigenvalue weighted by Crippen LogP contribution is -2.33. The second kappa shape index (κ2) is 8.45. The number of piperidine rings is 1. The largest absolute Gasteiger partial charge is 0.481 e. The van der Waals surface area contributed by atoms with Crippen LogP contribution in [0.4, 0.5) is 23.2 Å². The van der Waals surface area contributed by atoms with Gasteiger partial charge in [0.25, 0.3) is 0 Å². The zero-order valence-corrected chi connectivity index (χ0v) is 17.5. The average Bonchev–Trinajstić information content (AvgIpc) is 2.74. The molecular weight excluding hydrogens is 422 g/mol. The molecule has 0 atom stereocenters. The average molecular weight is 445 g/mol. The molecule has 3 aromatic rings. The predicted molar refractivity (Wildman–Crippen MR) is 116 cm³/mol. The van der Waals surface area contributed by atoms with E-state index < -0.39 is 17.7 Å². The summed E-state index contributed by atoms with van der Waals surface area (Å²) >= 11 is 0. The molecule has 0 bridgehead atoms. The van der Waals surface area contributed by atoms with Crippen LogP contribution in [-0.4, -0.2) is 24.2 Å². The van der Waals surface area contributed by atoms with Gasteiger partial charge in [-0.05, 0) is 83.5 Å². The van der Waals surface area contributed by atoms with Crippen LogP contribution in [0.3, 0.4) is 0 Å². The molecule has 1 saturated heterocycles. The highest BCUT2D eigenvalue weighted by molar-refractivity contribution is 5.89. The Kier molecular flexibility index (Phi) is 5.84. The fourth-order valence-corrected chi connectivity index (χ4v) is 4.74. The van der Waals surface area contributed by atoms with Crippen LogP contribution in [0.1, 0.15) is 41.0 Å². The summed E-state index contributed by atoms with van der Waals surface area (Å²) in [5.41, 5.74) is 2.36. The molecule has 1 heterocycles. The molecule has 0 saturated carbocycles. The van der Waals surface area contributed by atoms with Gasteiger partial charge in [-0.1, -0.05) is 18.2 Å². The lowest BCUT2D eigenvalue weighted by Gasteiger charge is -2.35. The minimum absolute atomic E-state index is 0.0649. The molecule has 0 amide bonds. The van der Waals surface area contributed by atoms with Crippen molar-refractivity contribution in [2.75, 3.05) is 18.0 Å². The summed E-state index contributed by atoms with van der Waals surface area (Å²) in [4.78, 5) is 13.3. The zero-order valence-electron chi connectivity index (χ0n) is 17.5. The summed E-state index contributed by atoms with van der Waals surface area (Å²) in [6.07, 6.45) is -3.15. The first-order valence-corrected chi connectivity index (χ1v) is 10.5. The van der Waals surface area contributed by atoms with Crippen LogP contribution < -0.4 is 4.90 Å². The van der Waals surface area contributed by atoms with Crippen LogP contribution in [0.15, 0.2) is 48.5 Å². The Balaban J connectivity index is 1.65. The van der Waals surface area contributed by atoms with Gasteiger partial charge in [-0.25, -0.2) is 4.39 Å². The maximum Gasteiger partial charge on any atom is 0.416 e. The summed E-state index contributed by atoms with van der Waals surface area (Å²) in [6, 6.07) is 11.6. The van der Waals surface area contributed by atoms with Crippen molar-refractivity contribution in [2.45, 2.75) is 38.3 Å². The van der Waals surface area contributed by atoms with Gasteiger partial charge in [-0.15, -0.1) is 0 Å². The molecule has 0 unspecified atom stereocenters. The van der Waals surface area contributed by atoms with Crippen LogP contribution in [0, 0.1) is 12.7 Å². The smallest absolute Gasteiger partial charge is 0.416 e. The van der Waals surface area contributed by atoms with Gasteiger partial charge in [0.15, 0.2) is 0 Å². The van der Waals surface area contributed by atoms with E-state index in [1.165, 1.54) is 24.3 Å². The number of fused-ring (bicyclic) bond motifs is 1. The molecule has 32 heavy (non-hydrogen) atoms. The van der Waals surface area contributed by atoms with Gasteiger partial charge in [-0.2, -0.15) is 13.2 Å². The minimum atomic E-state index is -4.39. The number of anilines is 1. The van der Waals surface area contributed by atoms with Gasteiger partial charge < -0.3 is 10.0 Å². The molecule has 0 aliphatic carbocycles. The van der Waals surface area contributed by atoms with Gasteiger partial charge in [0, 0.05) is 18.8 Å². The molecule has 1 N–H and O–H groups in total. The summed E-state index contributed by atoms with van der Waals surface area (Å²) in [6.45, 7) is 2.99. The Bertz CT molecular complexity index is 1160. The number of halogens is 4. The monoisotopic (exact) mass is 445 g/mol. The third-order valence-electron chi connectivity index (χ3n) is 6.30. The summed E-state index contributed by atoms with van der Waals surface area (Å²) < 4.78 is 53.3. The summed E-state index contributed by atoms with van der Waals surface area (Å²) in [7, 11) is 0. The molecule has 4 rings (SSSR count). The van der Waals surface area contributed by atoms with E-state index in [1.807, 2.05) is 11.8 Å². The number of carbonyl (C=O) groups is 1. The number of hydrogen-bond acceptors (Lipinski definition) is 2. The highest BCUT2D eigenvalue weighted by atomic mass is 19.4. The van der Waals surface area contributed by atoms with E-state index in [-0.39, 0.29) is 18.2 Å². The number of alkyl halides is 3. The van der Waals surface area contributed by atoms with Gasteiger partial charge in [-0.3, -0.25) is 4.79 Å². The maximum absolute atomic E-state index is 14.0. The minimum Gasteiger partial charge on any atom is -0.481 e. The summed E-state index contributed by atoms with van der Waals surface area (Å²) in [5, 5.41) is 10.9. The number of aliphatic carboxylic acids is 1. The zero-order chi connectivity index (χ0) is 23.0. The number of carboxylic acid groups (broad SMARTS) is 1. The topological polar surface area (TPSA) is 40.5 Å². The highest BCUT2D eigenvalue weighted by Crippen LogP contribution is 2.39. The number of rotatable bonds is 4. The van der Waals surface area contributed by atoms with Crippen molar-refractivity contribution >= 4 is 22.4 Å². The van der Waals surface area contributed by atoms with Crippen molar-refractivity contribution in [3.63, 3.8) is 0 Å². The van der Waals surface area contributed by atoms with E-state index in [2.05, 4.69) is 0 Å². The van der Waals surface area contributed by atoms with E-state index in [9.17, 15) is 27.5 Å². The van der Waals surface area contributed by atoms with Crippen LogP contribution in [0.25, 0.3) is 10.8 Å². The van der Waals surface area contributed by atoms with Gasteiger partial charge >= 0.3 is 12.1 Å². The highest BCUT2D eigenvalue weighted by Gasteiger charge is 2.31. The second-order valence-electron chi connectivity index (χ2n) is 8.32. The van der Waals surface area contributed by atoms with Crippen molar-refractivity contribution in [2.24, 2.45) is 0 Å². The van der Waals surface area contributed by atoms with Crippen molar-refractivity contribution < 1.29 is 27.5 Å². The number of nitrogens with zero attached hydrogens (tertiary/aromatic N) is 1. The van der Waals surface area contributed by atoms with E-state index in [1.54, 1.807) is 18.2 Å². The maximum atomic E-state index is 14.0. The van der Waals surface area contributed by atoms with Crippen molar-refractivity contribution in [1.82, 2.24) is 0 Å². The molecule has 3 nitrogen and oxygen atoms in total. The Hall–Kier alpha value is -3.09. The Morgan fingerprint density at radius 2 is 1.81 bits per heavy atom. The SMILES string of the molecule is Cc1c(CC(=O)O)cc2ccc(F)cc2c1C1CCN(c2cccc(C(F)(F)F)c2)CC1. The third-order valence-corrected chi connectivity index (χ3v) is 6.30. The first-order valence-electron chi connectivity index (χ1n) is 10.5. The fraction of sp³-hybridized carbons (Fsp3) is 0.320. The Labute approximate surface area is 183 Å².